The summed E-state index contributed by atoms with van der Waals surface area (Å²) in [6.07, 6.45) is 12.3. The van der Waals surface area contributed by atoms with E-state index in [4.69, 9.17) is 9.51 Å². The highest BCUT2D eigenvalue weighted by Crippen LogP contribution is 2.35. The summed E-state index contributed by atoms with van der Waals surface area (Å²) in [5, 5.41) is 4.21. The van der Waals surface area contributed by atoms with E-state index in [-0.39, 0.29) is 10.8 Å². The van der Waals surface area contributed by atoms with Gasteiger partial charge in [-0.1, -0.05) is 91.1 Å². The molecule has 0 atom stereocenters. The molecule has 0 bridgehead atoms. The highest BCUT2D eigenvalue weighted by atomic mass is 16.5. The van der Waals surface area contributed by atoms with Crippen LogP contribution in [-0.4, -0.2) is 10.1 Å². The lowest BCUT2D eigenvalue weighted by molar-refractivity contribution is 0.246. The summed E-state index contributed by atoms with van der Waals surface area (Å²) in [5.41, 5.74) is -0.0643. The summed E-state index contributed by atoms with van der Waals surface area (Å²) in [6.45, 7) is 10.9. The van der Waals surface area contributed by atoms with E-state index in [2.05, 4.69) is 39.8 Å². The summed E-state index contributed by atoms with van der Waals surface area (Å²) in [5.74, 6) is 2.44. The molecule has 0 unspecified atom stereocenters. The van der Waals surface area contributed by atoms with Crippen molar-refractivity contribution >= 4 is 0 Å². The lowest BCUT2D eigenvalue weighted by Gasteiger charge is -2.26. The first-order valence-corrected chi connectivity index (χ1v) is 9.14. The number of rotatable bonds is 3. The van der Waals surface area contributed by atoms with E-state index in [9.17, 15) is 0 Å². The maximum atomic E-state index is 5.62. The highest BCUT2D eigenvalue weighted by Gasteiger charge is 2.32. The molecule has 0 saturated heterocycles. The fourth-order valence-electron chi connectivity index (χ4n) is 3.53. The van der Waals surface area contributed by atoms with Gasteiger partial charge in [-0.3, -0.25) is 0 Å². The molecule has 0 amide bonds. The lowest BCUT2D eigenvalue weighted by atomic mass is 9.79. The van der Waals surface area contributed by atoms with Crippen LogP contribution in [0.3, 0.4) is 0 Å². The minimum Gasteiger partial charge on any atom is -0.339 e. The molecule has 1 saturated carbocycles. The molecule has 3 heteroatoms. The van der Waals surface area contributed by atoms with Crippen LogP contribution in [0.5, 0.6) is 0 Å². The Morgan fingerprint density at radius 2 is 1.45 bits per heavy atom. The number of aromatic nitrogens is 2. The first kappa shape index (κ1) is 17.5. The Kier molecular flexibility index (Phi) is 5.68. The molecule has 3 nitrogen and oxygen atoms in total. The first-order valence-electron chi connectivity index (χ1n) is 9.14. The van der Waals surface area contributed by atoms with Gasteiger partial charge in [-0.15, -0.1) is 0 Å². The van der Waals surface area contributed by atoms with Crippen molar-refractivity contribution in [2.24, 2.45) is 5.92 Å². The molecule has 0 radical (unpaired) electrons. The Balaban J connectivity index is 2.03. The van der Waals surface area contributed by atoms with Gasteiger partial charge in [0, 0.05) is 10.8 Å². The van der Waals surface area contributed by atoms with Crippen molar-refractivity contribution in [3.8, 4) is 0 Å². The van der Waals surface area contributed by atoms with Crippen LogP contribution in [0.25, 0.3) is 0 Å². The molecule has 1 aliphatic carbocycles. The van der Waals surface area contributed by atoms with Gasteiger partial charge in [0.1, 0.15) is 0 Å². The van der Waals surface area contributed by atoms with Gasteiger partial charge in [0.15, 0.2) is 5.82 Å². The second-order valence-electron chi connectivity index (χ2n) is 8.83. The fourth-order valence-corrected chi connectivity index (χ4v) is 3.53. The molecular formula is C19H34N2O. The van der Waals surface area contributed by atoms with Crippen LogP contribution in [-0.2, 0) is 10.8 Å². The molecule has 22 heavy (non-hydrogen) atoms. The summed E-state index contributed by atoms with van der Waals surface area (Å²) >= 11 is 0. The minimum atomic E-state index is -0.0457. The van der Waals surface area contributed by atoms with Gasteiger partial charge in [0.05, 0.1) is 0 Å². The van der Waals surface area contributed by atoms with Crippen molar-refractivity contribution in [3.05, 3.63) is 11.7 Å². The average Bonchev–Trinajstić information content (AvgIpc) is 2.92. The third kappa shape index (κ3) is 4.82. The lowest BCUT2D eigenvalue weighted by Crippen LogP contribution is -2.23. The predicted molar refractivity (Wildman–Crippen MR) is 91.1 cm³/mol. The van der Waals surface area contributed by atoms with E-state index in [0.29, 0.717) is 0 Å². The van der Waals surface area contributed by atoms with Crippen molar-refractivity contribution < 1.29 is 4.52 Å². The molecule has 0 spiro atoms. The van der Waals surface area contributed by atoms with Crippen LogP contribution >= 0.6 is 0 Å². The zero-order valence-corrected chi connectivity index (χ0v) is 15.2. The van der Waals surface area contributed by atoms with Crippen LogP contribution in [0.2, 0.25) is 0 Å². The highest BCUT2D eigenvalue weighted by molar-refractivity contribution is 5.06. The maximum Gasteiger partial charge on any atom is 0.232 e. The molecule has 0 N–H and O–H groups in total. The van der Waals surface area contributed by atoms with Crippen molar-refractivity contribution in [3.63, 3.8) is 0 Å². The van der Waals surface area contributed by atoms with Crippen LogP contribution < -0.4 is 0 Å². The van der Waals surface area contributed by atoms with E-state index in [0.717, 1.165) is 17.6 Å². The van der Waals surface area contributed by atoms with Crippen molar-refractivity contribution in [2.75, 3.05) is 0 Å². The van der Waals surface area contributed by atoms with Crippen molar-refractivity contribution in [1.82, 2.24) is 10.1 Å². The standard InChI is InChI=1S/C19H34N2O/c1-18(2,3)16-20-17(22-21-16)19(4,5)14-15-12-10-8-6-7-9-11-13-15/h15H,6-14H2,1-5H3. The minimum absolute atomic E-state index is 0.0186. The molecule has 1 heterocycles. The zero-order valence-electron chi connectivity index (χ0n) is 15.2. The monoisotopic (exact) mass is 306 g/mol. The van der Waals surface area contributed by atoms with Gasteiger partial charge < -0.3 is 4.52 Å². The zero-order chi connectivity index (χ0) is 16.2. The van der Waals surface area contributed by atoms with Gasteiger partial charge in [0.2, 0.25) is 5.89 Å². The third-order valence-corrected chi connectivity index (χ3v) is 4.95. The van der Waals surface area contributed by atoms with Gasteiger partial charge in [-0.25, -0.2) is 0 Å². The predicted octanol–water partition coefficient (Wildman–Crippen LogP) is 5.79. The fraction of sp³-hybridized carbons (Fsp3) is 0.895. The third-order valence-electron chi connectivity index (χ3n) is 4.95. The summed E-state index contributed by atoms with van der Waals surface area (Å²) in [6, 6.07) is 0. The largest absolute Gasteiger partial charge is 0.339 e. The Morgan fingerprint density at radius 1 is 0.909 bits per heavy atom. The van der Waals surface area contributed by atoms with Crippen LogP contribution in [0.15, 0.2) is 4.52 Å². The van der Waals surface area contributed by atoms with Crippen LogP contribution in [0, 0.1) is 5.92 Å². The molecule has 1 aliphatic rings. The van der Waals surface area contributed by atoms with E-state index < -0.39 is 0 Å². The van der Waals surface area contributed by atoms with E-state index in [1.54, 1.807) is 0 Å². The van der Waals surface area contributed by atoms with Gasteiger partial charge in [0.25, 0.3) is 0 Å². The number of nitrogens with zero attached hydrogens (tertiary/aromatic N) is 2. The van der Waals surface area contributed by atoms with E-state index >= 15 is 0 Å². The molecule has 2 rings (SSSR count). The normalized spacial score (nSPS) is 19.5. The van der Waals surface area contributed by atoms with E-state index in [1.807, 2.05) is 0 Å². The summed E-state index contributed by atoms with van der Waals surface area (Å²) in [7, 11) is 0. The maximum absolute atomic E-state index is 5.62. The smallest absolute Gasteiger partial charge is 0.232 e. The molecule has 1 aromatic rings. The van der Waals surface area contributed by atoms with Crippen molar-refractivity contribution in [2.45, 2.75) is 103 Å². The Labute approximate surface area is 136 Å². The van der Waals surface area contributed by atoms with Gasteiger partial charge in [-0.2, -0.15) is 4.98 Å². The summed E-state index contributed by atoms with van der Waals surface area (Å²) in [4.78, 5) is 4.70. The second kappa shape index (κ2) is 7.14. The molecule has 1 aromatic heterocycles. The first-order chi connectivity index (χ1) is 10.3. The Bertz CT molecular complexity index is 446. The van der Waals surface area contributed by atoms with Gasteiger partial charge >= 0.3 is 0 Å². The SMILES string of the molecule is CC(C)(C)c1noc(C(C)(C)CC2CCCCCCCC2)n1. The quantitative estimate of drug-likeness (QED) is 0.710. The molecule has 0 aliphatic heterocycles. The molecule has 1 fully saturated rings. The molecule has 126 valence electrons. The second-order valence-corrected chi connectivity index (χ2v) is 8.83. The number of hydrogen-bond donors (Lipinski definition) is 0. The van der Waals surface area contributed by atoms with E-state index in [1.165, 1.54) is 57.8 Å². The van der Waals surface area contributed by atoms with Gasteiger partial charge in [-0.05, 0) is 12.3 Å². The van der Waals surface area contributed by atoms with Crippen molar-refractivity contribution in [1.29, 1.82) is 0 Å². The topological polar surface area (TPSA) is 38.9 Å². The number of hydrogen-bond acceptors (Lipinski definition) is 3. The molecule has 0 aromatic carbocycles. The summed E-state index contributed by atoms with van der Waals surface area (Å²) < 4.78 is 5.62. The molecular weight excluding hydrogens is 272 g/mol. The Morgan fingerprint density at radius 3 is 1.95 bits per heavy atom. The average molecular weight is 306 g/mol. The Hall–Kier alpha value is -0.860. The van der Waals surface area contributed by atoms with Crippen LogP contribution in [0.1, 0.15) is 104 Å². The van der Waals surface area contributed by atoms with Crippen LogP contribution in [0.4, 0.5) is 0 Å².